The average molecular weight is 213 g/mol. The van der Waals surface area contributed by atoms with Crippen molar-refractivity contribution in [1.82, 2.24) is 0 Å². The van der Waals surface area contributed by atoms with Crippen LogP contribution in [0.2, 0.25) is 0 Å². The third-order valence-electron chi connectivity index (χ3n) is 2.69. The van der Waals surface area contributed by atoms with Crippen molar-refractivity contribution in [2.45, 2.75) is 40.5 Å². The normalized spacial score (nSPS) is 15.9. The minimum absolute atomic E-state index is 0.231. The molecule has 0 bridgehead atoms. The summed E-state index contributed by atoms with van der Waals surface area (Å²) in [6, 6.07) is 0. The summed E-state index contributed by atoms with van der Waals surface area (Å²) in [5.41, 5.74) is 6.46. The van der Waals surface area contributed by atoms with Crippen LogP contribution in [0.15, 0.2) is 11.8 Å². The predicted octanol–water partition coefficient (Wildman–Crippen LogP) is 2.46. The van der Waals surface area contributed by atoms with Crippen molar-refractivity contribution >= 4 is 5.97 Å². The van der Waals surface area contributed by atoms with Gasteiger partial charge < -0.3 is 10.5 Å². The summed E-state index contributed by atoms with van der Waals surface area (Å²) in [6.45, 7) is 8.52. The molecular weight excluding hydrogens is 190 g/mol. The number of ether oxygens (including phenoxy) is 1. The Labute approximate surface area is 92.7 Å². The zero-order valence-corrected chi connectivity index (χ0v) is 10.2. The van der Waals surface area contributed by atoms with Gasteiger partial charge in [0.25, 0.3) is 0 Å². The van der Waals surface area contributed by atoms with Gasteiger partial charge in [0, 0.05) is 11.8 Å². The van der Waals surface area contributed by atoms with Crippen molar-refractivity contribution < 1.29 is 9.53 Å². The van der Waals surface area contributed by atoms with Gasteiger partial charge in [-0.3, -0.25) is 0 Å². The SMILES string of the molecule is CCCC(C)C(C)/C(N)=C\C(=O)OCC. The monoisotopic (exact) mass is 213 g/mol. The minimum Gasteiger partial charge on any atom is -0.463 e. The number of carbonyl (C=O) groups excluding carboxylic acids is 1. The summed E-state index contributed by atoms with van der Waals surface area (Å²) in [4.78, 5) is 11.2. The molecule has 0 aliphatic rings. The molecule has 0 aliphatic heterocycles. The first-order chi connectivity index (χ1) is 7.02. The van der Waals surface area contributed by atoms with E-state index < -0.39 is 0 Å². The Bertz CT molecular complexity index is 224. The molecule has 0 aromatic heterocycles. The van der Waals surface area contributed by atoms with Crippen molar-refractivity contribution in [3.05, 3.63) is 11.8 Å². The lowest BCUT2D eigenvalue weighted by Gasteiger charge is -2.19. The summed E-state index contributed by atoms with van der Waals surface area (Å²) in [6.07, 6.45) is 3.66. The highest BCUT2D eigenvalue weighted by atomic mass is 16.5. The largest absolute Gasteiger partial charge is 0.463 e. The molecule has 2 unspecified atom stereocenters. The number of hydrogen-bond donors (Lipinski definition) is 1. The number of rotatable bonds is 6. The summed E-state index contributed by atoms with van der Waals surface area (Å²) >= 11 is 0. The van der Waals surface area contributed by atoms with Crippen molar-refractivity contribution in [2.24, 2.45) is 17.6 Å². The average Bonchev–Trinajstić information content (AvgIpc) is 2.17. The van der Waals surface area contributed by atoms with Gasteiger partial charge in [-0.05, 0) is 18.8 Å². The van der Waals surface area contributed by atoms with Gasteiger partial charge in [0.15, 0.2) is 0 Å². The molecule has 2 N–H and O–H groups in total. The smallest absolute Gasteiger partial charge is 0.332 e. The van der Waals surface area contributed by atoms with E-state index in [1.165, 1.54) is 6.08 Å². The predicted molar refractivity (Wildman–Crippen MR) is 62.1 cm³/mol. The van der Waals surface area contributed by atoms with Crippen LogP contribution in [0.25, 0.3) is 0 Å². The van der Waals surface area contributed by atoms with Crippen molar-refractivity contribution in [3.8, 4) is 0 Å². The number of carbonyl (C=O) groups is 1. The molecule has 0 aromatic carbocycles. The molecule has 0 rings (SSSR count). The lowest BCUT2D eigenvalue weighted by molar-refractivity contribution is -0.137. The Kier molecular flexibility index (Phi) is 6.84. The molecule has 0 radical (unpaired) electrons. The van der Waals surface area contributed by atoms with E-state index in [1.54, 1.807) is 6.92 Å². The van der Waals surface area contributed by atoms with E-state index in [0.717, 1.165) is 12.8 Å². The van der Waals surface area contributed by atoms with Gasteiger partial charge in [-0.1, -0.05) is 33.6 Å². The Morgan fingerprint density at radius 2 is 2.00 bits per heavy atom. The first kappa shape index (κ1) is 14.0. The quantitative estimate of drug-likeness (QED) is 0.544. The molecule has 2 atom stereocenters. The third kappa shape index (κ3) is 5.45. The van der Waals surface area contributed by atoms with Crippen LogP contribution in [0.1, 0.15) is 40.5 Å². The fourth-order valence-corrected chi connectivity index (χ4v) is 1.49. The third-order valence-corrected chi connectivity index (χ3v) is 2.69. The van der Waals surface area contributed by atoms with Gasteiger partial charge in [-0.15, -0.1) is 0 Å². The second kappa shape index (κ2) is 7.32. The van der Waals surface area contributed by atoms with Gasteiger partial charge in [-0.25, -0.2) is 4.79 Å². The van der Waals surface area contributed by atoms with E-state index in [1.807, 2.05) is 6.92 Å². The summed E-state index contributed by atoms with van der Waals surface area (Å²) < 4.78 is 4.81. The van der Waals surface area contributed by atoms with Gasteiger partial charge in [-0.2, -0.15) is 0 Å². The highest BCUT2D eigenvalue weighted by Gasteiger charge is 2.14. The van der Waals surface area contributed by atoms with E-state index in [-0.39, 0.29) is 11.9 Å². The maximum absolute atomic E-state index is 11.2. The molecule has 88 valence electrons. The fourth-order valence-electron chi connectivity index (χ4n) is 1.49. The molecule has 0 saturated heterocycles. The first-order valence-corrected chi connectivity index (χ1v) is 5.66. The molecule has 0 fully saturated rings. The van der Waals surface area contributed by atoms with Crippen LogP contribution in [-0.2, 0) is 9.53 Å². The Morgan fingerprint density at radius 3 is 2.47 bits per heavy atom. The van der Waals surface area contributed by atoms with Crippen LogP contribution in [0, 0.1) is 11.8 Å². The zero-order valence-electron chi connectivity index (χ0n) is 10.2. The molecule has 0 spiro atoms. The molecule has 3 nitrogen and oxygen atoms in total. The molecule has 0 heterocycles. The summed E-state index contributed by atoms with van der Waals surface area (Å²) in [7, 11) is 0. The number of esters is 1. The lowest BCUT2D eigenvalue weighted by Crippen LogP contribution is -2.18. The van der Waals surface area contributed by atoms with Gasteiger partial charge >= 0.3 is 5.97 Å². The molecule has 0 amide bonds. The van der Waals surface area contributed by atoms with Crippen LogP contribution in [0.3, 0.4) is 0 Å². The Hall–Kier alpha value is -0.990. The van der Waals surface area contributed by atoms with Crippen LogP contribution >= 0.6 is 0 Å². The van der Waals surface area contributed by atoms with Crippen molar-refractivity contribution in [2.75, 3.05) is 6.61 Å². The highest BCUT2D eigenvalue weighted by Crippen LogP contribution is 2.21. The van der Waals surface area contributed by atoms with Crippen LogP contribution in [0.4, 0.5) is 0 Å². The summed E-state index contributed by atoms with van der Waals surface area (Å²) in [5, 5.41) is 0. The van der Waals surface area contributed by atoms with Crippen LogP contribution in [0.5, 0.6) is 0 Å². The van der Waals surface area contributed by atoms with Crippen LogP contribution < -0.4 is 5.73 Å². The topological polar surface area (TPSA) is 52.3 Å². The van der Waals surface area contributed by atoms with E-state index in [9.17, 15) is 4.79 Å². The molecule has 3 heteroatoms. The first-order valence-electron chi connectivity index (χ1n) is 5.66. The van der Waals surface area contributed by atoms with Gasteiger partial charge in [0.1, 0.15) is 0 Å². The second-order valence-electron chi connectivity index (χ2n) is 3.95. The van der Waals surface area contributed by atoms with E-state index in [2.05, 4.69) is 13.8 Å². The number of allylic oxidation sites excluding steroid dienone is 1. The van der Waals surface area contributed by atoms with E-state index in [4.69, 9.17) is 10.5 Å². The second-order valence-corrected chi connectivity index (χ2v) is 3.95. The van der Waals surface area contributed by atoms with E-state index in [0.29, 0.717) is 18.2 Å². The maximum atomic E-state index is 11.2. The highest BCUT2D eigenvalue weighted by molar-refractivity contribution is 5.82. The number of hydrogen-bond acceptors (Lipinski definition) is 3. The molecule has 0 aliphatic carbocycles. The number of nitrogens with two attached hydrogens (primary N) is 1. The van der Waals surface area contributed by atoms with Gasteiger partial charge in [0.2, 0.25) is 0 Å². The fraction of sp³-hybridized carbons (Fsp3) is 0.750. The standard InChI is InChI=1S/C12H23NO2/c1-5-7-9(3)10(4)11(13)8-12(14)15-6-2/h8-10H,5-7,13H2,1-4H3/b11-8+. The molecule has 15 heavy (non-hydrogen) atoms. The zero-order chi connectivity index (χ0) is 11.8. The van der Waals surface area contributed by atoms with Crippen molar-refractivity contribution in [3.63, 3.8) is 0 Å². The van der Waals surface area contributed by atoms with Crippen molar-refractivity contribution in [1.29, 1.82) is 0 Å². The molecule has 0 aromatic rings. The minimum atomic E-state index is -0.342. The maximum Gasteiger partial charge on any atom is 0.332 e. The summed E-state index contributed by atoms with van der Waals surface area (Å²) in [5.74, 6) is 0.389. The molecular formula is C12H23NO2. The Balaban J connectivity index is 4.28. The van der Waals surface area contributed by atoms with E-state index >= 15 is 0 Å². The molecule has 0 saturated carbocycles. The lowest BCUT2D eigenvalue weighted by atomic mass is 9.89. The Morgan fingerprint density at radius 1 is 1.40 bits per heavy atom. The van der Waals surface area contributed by atoms with Crippen LogP contribution in [-0.4, -0.2) is 12.6 Å². The van der Waals surface area contributed by atoms with Gasteiger partial charge in [0.05, 0.1) is 6.61 Å².